The molecule has 178 valence electrons. The number of carbonyl (C=O) groups excluding carboxylic acids is 2. The van der Waals surface area contributed by atoms with Crippen LogP contribution in [0.25, 0.3) is 0 Å². The Morgan fingerprint density at radius 3 is 2.64 bits per heavy atom. The van der Waals surface area contributed by atoms with E-state index in [-0.39, 0.29) is 6.04 Å². The molecule has 1 aliphatic carbocycles. The molecule has 3 heterocycles. The van der Waals surface area contributed by atoms with Crippen molar-refractivity contribution >= 4 is 17.6 Å². The van der Waals surface area contributed by atoms with Crippen LogP contribution >= 0.6 is 0 Å². The Kier molecular flexibility index (Phi) is 4.85. The monoisotopic (exact) mass is 456 g/mol. The first-order valence-electron chi connectivity index (χ1n) is 11.5. The summed E-state index contributed by atoms with van der Waals surface area (Å²) in [5.41, 5.74) is -1.41. The van der Waals surface area contributed by atoms with Crippen molar-refractivity contribution in [1.29, 1.82) is 0 Å². The molecule has 1 saturated carbocycles. The molecule has 0 unspecified atom stereocenters. The second-order valence-corrected chi connectivity index (χ2v) is 9.76. The van der Waals surface area contributed by atoms with Crippen molar-refractivity contribution < 1.29 is 28.9 Å². The fourth-order valence-electron chi connectivity index (χ4n) is 7.68. The molecular weight excluding hydrogens is 424 g/mol. The first-order chi connectivity index (χ1) is 15.7. The number of carbonyl (C=O) groups is 2. The Balaban J connectivity index is 1.86. The zero-order valence-electron chi connectivity index (χ0n) is 19.8. The third-order valence-corrected chi connectivity index (χ3v) is 8.62. The number of fused-ring (bicyclic) bond motifs is 1. The van der Waals surface area contributed by atoms with Crippen molar-refractivity contribution in [2.75, 3.05) is 39.3 Å². The average molecular weight is 457 g/mol. The number of benzene rings is 1. The molecule has 0 bridgehead atoms. The van der Waals surface area contributed by atoms with Crippen molar-refractivity contribution in [3.8, 4) is 5.75 Å². The number of nitrogens with zero attached hydrogens (tertiary/aromatic N) is 2. The van der Waals surface area contributed by atoms with Crippen LogP contribution in [0.1, 0.15) is 32.3 Å². The lowest BCUT2D eigenvalue weighted by Crippen LogP contribution is -2.81. The van der Waals surface area contributed by atoms with E-state index in [4.69, 9.17) is 14.2 Å². The van der Waals surface area contributed by atoms with Gasteiger partial charge in [-0.25, -0.2) is 4.79 Å². The molecule has 0 radical (unpaired) electrons. The predicted octanol–water partition coefficient (Wildman–Crippen LogP) is 1.64. The standard InChI is InChI=1S/C25H32N2O6/c1-6-23-10-7-12-27-13-11-24(19(23)27)17-9-8-16(31-4)14-18(17)26(3)20(24)25(30,22(29)32-5)21(23)33-15(2)28/h7-10,14,19-21,30H,6,11-13H2,1-5H3/t19-,20+,21-,23-,24+,25+/m1/s1. The zero-order valence-corrected chi connectivity index (χ0v) is 19.8. The van der Waals surface area contributed by atoms with E-state index in [0.29, 0.717) is 12.2 Å². The highest BCUT2D eigenvalue weighted by atomic mass is 16.6. The highest BCUT2D eigenvalue weighted by Crippen LogP contribution is 2.67. The van der Waals surface area contributed by atoms with Crippen LogP contribution in [0.3, 0.4) is 0 Å². The van der Waals surface area contributed by atoms with Gasteiger partial charge in [-0.3, -0.25) is 9.69 Å². The van der Waals surface area contributed by atoms with Gasteiger partial charge < -0.3 is 24.2 Å². The fourth-order valence-corrected chi connectivity index (χ4v) is 7.68. The Bertz CT molecular complexity index is 1040. The van der Waals surface area contributed by atoms with Gasteiger partial charge in [-0.15, -0.1) is 0 Å². The van der Waals surface area contributed by atoms with E-state index >= 15 is 0 Å². The summed E-state index contributed by atoms with van der Waals surface area (Å²) in [4.78, 5) is 30.2. The number of hydrogen-bond acceptors (Lipinski definition) is 8. The van der Waals surface area contributed by atoms with E-state index in [2.05, 4.69) is 23.1 Å². The molecule has 0 amide bonds. The zero-order chi connectivity index (χ0) is 23.8. The maximum atomic E-state index is 13.5. The van der Waals surface area contributed by atoms with Gasteiger partial charge in [-0.2, -0.15) is 0 Å². The number of likely N-dealkylation sites (N-methyl/N-ethyl adjacent to an activating group) is 1. The number of methoxy groups -OCH3 is 2. The molecule has 6 atom stereocenters. The van der Waals surface area contributed by atoms with Crippen molar-refractivity contribution in [2.24, 2.45) is 5.41 Å². The second kappa shape index (κ2) is 7.21. The average Bonchev–Trinajstić information content (AvgIpc) is 3.32. The summed E-state index contributed by atoms with van der Waals surface area (Å²) < 4.78 is 16.6. The molecule has 3 aliphatic heterocycles. The van der Waals surface area contributed by atoms with E-state index in [0.717, 1.165) is 30.8 Å². The lowest BCUT2D eigenvalue weighted by atomic mass is 9.47. The number of aliphatic hydroxyl groups is 1. The third kappa shape index (κ3) is 2.48. The van der Waals surface area contributed by atoms with E-state index < -0.39 is 40.5 Å². The summed E-state index contributed by atoms with van der Waals surface area (Å²) in [6.07, 6.45) is 4.40. The molecule has 1 aromatic carbocycles. The molecule has 8 heteroatoms. The molecule has 1 N–H and O–H groups in total. The molecule has 1 aromatic rings. The Morgan fingerprint density at radius 2 is 2.00 bits per heavy atom. The van der Waals surface area contributed by atoms with Crippen molar-refractivity contribution in [1.82, 2.24) is 4.90 Å². The van der Waals surface area contributed by atoms with Crippen molar-refractivity contribution in [3.05, 3.63) is 35.9 Å². The lowest BCUT2D eigenvalue weighted by molar-refractivity contribution is -0.228. The van der Waals surface area contributed by atoms with Crippen LogP contribution in [0, 0.1) is 5.41 Å². The highest BCUT2D eigenvalue weighted by Gasteiger charge is 2.80. The normalized spacial score (nSPS) is 38.4. The SMILES string of the molecule is CC[C@]12C=CCN3CC[C@]4(c5ccc(OC)cc5N(C)[C@@H]4[C@@](O)(C(=O)OC)[C@@H]1OC(C)=O)[C@H]32. The van der Waals surface area contributed by atoms with Gasteiger partial charge in [0, 0.05) is 49.1 Å². The molecule has 5 rings (SSSR count). The van der Waals surface area contributed by atoms with Gasteiger partial charge >= 0.3 is 11.9 Å². The Hall–Kier alpha value is -2.58. The van der Waals surface area contributed by atoms with Crippen LogP contribution in [0.5, 0.6) is 5.75 Å². The lowest BCUT2D eigenvalue weighted by Gasteiger charge is -2.63. The minimum absolute atomic E-state index is 0.0589. The summed E-state index contributed by atoms with van der Waals surface area (Å²) in [5.74, 6) is -0.617. The van der Waals surface area contributed by atoms with Crippen LogP contribution in [-0.4, -0.2) is 80.1 Å². The molecule has 2 fully saturated rings. The van der Waals surface area contributed by atoms with Gasteiger partial charge in [0.05, 0.1) is 20.3 Å². The van der Waals surface area contributed by atoms with Crippen LogP contribution in [0.4, 0.5) is 5.69 Å². The smallest absolute Gasteiger partial charge is 0.344 e. The number of anilines is 1. The topological polar surface area (TPSA) is 88.5 Å². The summed E-state index contributed by atoms with van der Waals surface area (Å²) in [6.45, 7) is 4.94. The molecular formula is C25H32N2O6. The van der Waals surface area contributed by atoms with Crippen molar-refractivity contribution in [2.45, 2.75) is 55.9 Å². The molecule has 0 aromatic heterocycles. The fraction of sp³-hybridized carbons (Fsp3) is 0.600. The second-order valence-electron chi connectivity index (χ2n) is 9.76. The first kappa shape index (κ1) is 22.2. The quantitative estimate of drug-likeness (QED) is 0.541. The van der Waals surface area contributed by atoms with Gasteiger partial charge in [-0.05, 0) is 31.0 Å². The summed E-state index contributed by atoms with van der Waals surface area (Å²) in [5, 5.41) is 12.5. The minimum Gasteiger partial charge on any atom is -0.497 e. The first-order valence-corrected chi connectivity index (χ1v) is 11.5. The summed E-state index contributed by atoms with van der Waals surface area (Å²) in [7, 11) is 4.77. The highest BCUT2D eigenvalue weighted by molar-refractivity contribution is 5.87. The largest absolute Gasteiger partial charge is 0.497 e. The van der Waals surface area contributed by atoms with Gasteiger partial charge in [0.25, 0.3) is 0 Å². The van der Waals surface area contributed by atoms with Gasteiger partial charge in [0.15, 0.2) is 6.10 Å². The van der Waals surface area contributed by atoms with E-state index in [1.807, 2.05) is 31.0 Å². The molecule has 8 nitrogen and oxygen atoms in total. The van der Waals surface area contributed by atoms with Crippen LogP contribution in [0.15, 0.2) is 30.4 Å². The van der Waals surface area contributed by atoms with E-state index in [1.54, 1.807) is 7.11 Å². The third-order valence-electron chi connectivity index (χ3n) is 8.62. The number of rotatable bonds is 4. The van der Waals surface area contributed by atoms with E-state index in [9.17, 15) is 14.7 Å². The van der Waals surface area contributed by atoms with Crippen LogP contribution in [-0.2, 0) is 24.5 Å². The number of esters is 2. The molecule has 33 heavy (non-hydrogen) atoms. The van der Waals surface area contributed by atoms with Crippen LogP contribution in [0.2, 0.25) is 0 Å². The summed E-state index contributed by atoms with van der Waals surface area (Å²) >= 11 is 0. The molecule has 4 aliphatic rings. The van der Waals surface area contributed by atoms with Crippen LogP contribution < -0.4 is 9.64 Å². The number of hydrogen-bond donors (Lipinski definition) is 1. The van der Waals surface area contributed by atoms with Gasteiger partial charge in [-0.1, -0.05) is 25.1 Å². The maximum absolute atomic E-state index is 13.5. The van der Waals surface area contributed by atoms with Gasteiger partial charge in [0.2, 0.25) is 5.60 Å². The molecule has 1 spiro atoms. The predicted molar refractivity (Wildman–Crippen MR) is 121 cm³/mol. The Labute approximate surface area is 194 Å². The van der Waals surface area contributed by atoms with Crippen molar-refractivity contribution in [3.63, 3.8) is 0 Å². The molecule has 1 saturated heterocycles. The number of ether oxygens (including phenoxy) is 3. The van der Waals surface area contributed by atoms with Gasteiger partial charge in [0.1, 0.15) is 5.75 Å². The Morgan fingerprint density at radius 1 is 1.24 bits per heavy atom. The van der Waals surface area contributed by atoms with E-state index in [1.165, 1.54) is 14.0 Å². The minimum atomic E-state index is -2.08. The maximum Gasteiger partial charge on any atom is 0.344 e. The summed E-state index contributed by atoms with van der Waals surface area (Å²) in [6, 6.07) is 5.22.